The number of benzene rings is 1. The highest BCUT2D eigenvalue weighted by atomic mass is 19.4. The Morgan fingerprint density at radius 2 is 1.89 bits per heavy atom. The summed E-state index contributed by atoms with van der Waals surface area (Å²) in [6.07, 6.45) is -4.94. The molecule has 0 aliphatic heterocycles. The van der Waals surface area contributed by atoms with E-state index in [2.05, 4.69) is 0 Å². The summed E-state index contributed by atoms with van der Waals surface area (Å²) in [5, 5.41) is 10.6. The molecule has 0 radical (unpaired) electrons. The zero-order chi connectivity index (χ0) is 14.8. The first-order valence-electron chi connectivity index (χ1n) is 5.34. The molecule has 4 nitrogen and oxygen atoms in total. The van der Waals surface area contributed by atoms with Gasteiger partial charge in [0.25, 0.3) is 0 Å². The molecule has 1 rings (SSSR count). The number of nitrogens with one attached hydrogen (secondary N) is 1. The number of carboxylic acids is 1. The lowest BCUT2D eigenvalue weighted by Crippen LogP contribution is -2.38. The van der Waals surface area contributed by atoms with Crippen molar-refractivity contribution in [2.75, 3.05) is 0 Å². The van der Waals surface area contributed by atoms with Gasteiger partial charge < -0.3 is 10.4 Å². The molecule has 1 aromatic rings. The van der Waals surface area contributed by atoms with E-state index in [0.717, 1.165) is 0 Å². The summed E-state index contributed by atoms with van der Waals surface area (Å²) >= 11 is 0. The summed E-state index contributed by atoms with van der Waals surface area (Å²) in [6.45, 7) is 2.92. The van der Waals surface area contributed by atoms with Crippen LogP contribution in [0.25, 0.3) is 0 Å². The zero-order valence-corrected chi connectivity index (χ0v) is 10.2. The quantitative estimate of drug-likeness (QED) is 0.890. The van der Waals surface area contributed by atoms with E-state index in [9.17, 15) is 22.8 Å². The fourth-order valence-electron chi connectivity index (χ4n) is 1.56. The predicted octanol–water partition coefficient (Wildman–Crippen LogP) is 2.43. The van der Waals surface area contributed by atoms with Crippen molar-refractivity contribution in [2.45, 2.75) is 26.1 Å². The Hall–Kier alpha value is -2.05. The van der Waals surface area contributed by atoms with Crippen LogP contribution in [-0.2, 0) is 4.79 Å². The van der Waals surface area contributed by atoms with Crippen LogP contribution in [0.5, 0.6) is 0 Å². The fraction of sp³-hybridized carbons (Fsp3) is 0.333. The summed E-state index contributed by atoms with van der Waals surface area (Å²) in [6, 6.07) is 3.24. The second-order valence-corrected chi connectivity index (χ2v) is 4.07. The molecule has 7 heteroatoms. The van der Waals surface area contributed by atoms with Crippen LogP contribution in [0.15, 0.2) is 18.2 Å². The lowest BCUT2D eigenvalue weighted by Gasteiger charge is -2.16. The average molecular weight is 275 g/mol. The Bertz CT molecular complexity index is 511. The van der Waals surface area contributed by atoms with Crippen LogP contribution in [0.3, 0.4) is 0 Å². The van der Waals surface area contributed by atoms with Crippen LogP contribution < -0.4 is 5.32 Å². The number of hydrogen-bond acceptors (Lipinski definition) is 2. The number of rotatable bonds is 3. The van der Waals surface area contributed by atoms with Crippen molar-refractivity contribution >= 4 is 11.9 Å². The van der Waals surface area contributed by atoms with Crippen molar-refractivity contribution in [2.24, 2.45) is 0 Å². The first-order valence-corrected chi connectivity index (χ1v) is 5.34. The van der Waals surface area contributed by atoms with Gasteiger partial charge in [-0.1, -0.05) is 12.1 Å². The fourth-order valence-corrected chi connectivity index (χ4v) is 1.56. The molecule has 2 N–H and O–H groups in total. The number of aromatic carboxylic acids is 1. The van der Waals surface area contributed by atoms with Crippen LogP contribution in [0.4, 0.5) is 13.2 Å². The van der Waals surface area contributed by atoms with Crippen LogP contribution in [0.2, 0.25) is 0 Å². The normalized spacial score (nSPS) is 12.9. The lowest BCUT2D eigenvalue weighted by atomic mass is 10.0. The van der Waals surface area contributed by atoms with Crippen molar-refractivity contribution < 1.29 is 27.9 Å². The van der Waals surface area contributed by atoms with Crippen molar-refractivity contribution in [3.63, 3.8) is 0 Å². The van der Waals surface area contributed by atoms with Gasteiger partial charge in [0.1, 0.15) is 0 Å². The molecule has 0 unspecified atom stereocenters. The molecule has 0 aromatic heterocycles. The summed E-state index contributed by atoms with van der Waals surface area (Å²) in [5.41, 5.74) is 0.885. The molecule has 1 aromatic carbocycles. The van der Waals surface area contributed by atoms with Gasteiger partial charge in [0.05, 0.1) is 11.6 Å². The number of carbonyl (C=O) groups excluding carboxylic acids is 1. The number of hydrogen-bond donors (Lipinski definition) is 2. The summed E-state index contributed by atoms with van der Waals surface area (Å²) in [7, 11) is 0. The molecular formula is C12H12F3NO3. The Morgan fingerprint density at radius 3 is 2.32 bits per heavy atom. The Labute approximate surface area is 107 Å². The number of aryl methyl sites for hydroxylation is 1. The summed E-state index contributed by atoms with van der Waals surface area (Å²) in [4.78, 5) is 21.6. The smallest absolute Gasteiger partial charge is 0.471 e. The van der Waals surface area contributed by atoms with Crippen LogP contribution >= 0.6 is 0 Å². The maximum absolute atomic E-state index is 12.1. The van der Waals surface area contributed by atoms with Gasteiger partial charge in [-0.05, 0) is 31.0 Å². The van der Waals surface area contributed by atoms with E-state index in [0.29, 0.717) is 11.1 Å². The summed E-state index contributed by atoms with van der Waals surface area (Å²) in [5.74, 6) is -3.14. The molecule has 19 heavy (non-hydrogen) atoms. The van der Waals surface area contributed by atoms with Crippen molar-refractivity contribution in [3.05, 3.63) is 34.9 Å². The van der Waals surface area contributed by atoms with Crippen LogP contribution in [-0.4, -0.2) is 23.2 Å². The molecular weight excluding hydrogens is 263 g/mol. The van der Waals surface area contributed by atoms with Gasteiger partial charge in [-0.15, -0.1) is 0 Å². The van der Waals surface area contributed by atoms with Crippen molar-refractivity contribution in [1.29, 1.82) is 0 Å². The second kappa shape index (κ2) is 5.29. The zero-order valence-electron chi connectivity index (χ0n) is 10.2. The second-order valence-electron chi connectivity index (χ2n) is 4.07. The van der Waals surface area contributed by atoms with Gasteiger partial charge in [-0.2, -0.15) is 13.2 Å². The molecule has 0 heterocycles. The minimum absolute atomic E-state index is 0.0677. The number of amides is 1. The highest BCUT2D eigenvalue weighted by Gasteiger charge is 2.39. The molecule has 1 amide bonds. The van der Waals surface area contributed by atoms with E-state index in [1.807, 2.05) is 0 Å². The van der Waals surface area contributed by atoms with Gasteiger partial charge in [-0.3, -0.25) is 4.79 Å². The largest absolute Gasteiger partial charge is 0.478 e. The molecule has 0 spiro atoms. The number of carboxylic acid groups (broad SMARTS) is 1. The van der Waals surface area contributed by atoms with E-state index in [4.69, 9.17) is 5.11 Å². The van der Waals surface area contributed by atoms with Gasteiger partial charge in [-0.25, -0.2) is 4.79 Å². The molecule has 0 saturated carbocycles. The SMILES string of the molecule is Cc1cc([C@@H](C)NC(=O)C(F)(F)F)ccc1C(=O)O. The van der Waals surface area contributed by atoms with Crippen LogP contribution in [0.1, 0.15) is 34.5 Å². The van der Waals surface area contributed by atoms with E-state index in [1.165, 1.54) is 32.0 Å². The minimum atomic E-state index is -4.94. The molecule has 0 bridgehead atoms. The number of carbonyl (C=O) groups is 2. The third-order valence-corrected chi connectivity index (χ3v) is 2.59. The maximum atomic E-state index is 12.1. The van der Waals surface area contributed by atoms with Gasteiger partial charge in [0.15, 0.2) is 0 Å². The molecule has 1 atom stereocenters. The third-order valence-electron chi connectivity index (χ3n) is 2.59. The number of alkyl halides is 3. The van der Waals surface area contributed by atoms with Crippen molar-refractivity contribution in [1.82, 2.24) is 5.32 Å². The van der Waals surface area contributed by atoms with E-state index < -0.39 is 24.1 Å². The Balaban J connectivity index is 2.90. The van der Waals surface area contributed by atoms with Gasteiger partial charge >= 0.3 is 18.1 Å². The molecule has 104 valence electrons. The highest BCUT2D eigenvalue weighted by Crippen LogP contribution is 2.20. The summed E-state index contributed by atoms with van der Waals surface area (Å²) < 4.78 is 36.3. The predicted molar refractivity (Wildman–Crippen MR) is 60.8 cm³/mol. The molecule has 0 aliphatic carbocycles. The van der Waals surface area contributed by atoms with Crippen molar-refractivity contribution in [3.8, 4) is 0 Å². The first kappa shape index (κ1) is 15.0. The Kier molecular flexibility index (Phi) is 4.18. The molecule has 0 fully saturated rings. The topological polar surface area (TPSA) is 66.4 Å². The van der Waals surface area contributed by atoms with Crippen LogP contribution in [0, 0.1) is 6.92 Å². The highest BCUT2D eigenvalue weighted by molar-refractivity contribution is 5.89. The average Bonchev–Trinajstić information content (AvgIpc) is 2.26. The van der Waals surface area contributed by atoms with Gasteiger partial charge in [0.2, 0.25) is 0 Å². The standard InChI is InChI=1S/C12H12F3NO3/c1-6-5-8(3-4-9(6)10(17)18)7(2)16-11(19)12(13,14)15/h3-5,7H,1-2H3,(H,16,19)(H,17,18)/t7-/m1/s1. The minimum Gasteiger partial charge on any atom is -0.478 e. The molecule has 0 saturated heterocycles. The third kappa shape index (κ3) is 3.70. The Morgan fingerprint density at radius 1 is 1.32 bits per heavy atom. The first-order chi connectivity index (χ1) is 8.62. The van der Waals surface area contributed by atoms with E-state index in [-0.39, 0.29) is 5.56 Å². The number of halogens is 3. The van der Waals surface area contributed by atoms with E-state index in [1.54, 1.807) is 5.32 Å². The maximum Gasteiger partial charge on any atom is 0.471 e. The van der Waals surface area contributed by atoms with E-state index >= 15 is 0 Å². The lowest BCUT2D eigenvalue weighted by molar-refractivity contribution is -0.174. The molecule has 0 aliphatic rings. The van der Waals surface area contributed by atoms with Gasteiger partial charge in [0, 0.05) is 0 Å². The monoisotopic (exact) mass is 275 g/mol.